The molecule has 0 unspecified atom stereocenters. The first-order chi connectivity index (χ1) is 18.2. The molecule has 2 N–H and O–H groups in total. The van der Waals surface area contributed by atoms with Crippen molar-refractivity contribution in [2.75, 3.05) is 5.32 Å². The number of benzene rings is 3. The Kier molecular flexibility index (Phi) is 10.7. The fraction of sp³-hybridized carbons (Fsp3) is 0.412. The average molecular weight is 513 g/mol. The van der Waals surface area contributed by atoms with Crippen molar-refractivity contribution in [3.05, 3.63) is 99.1 Å². The van der Waals surface area contributed by atoms with E-state index in [1.807, 2.05) is 25.1 Å². The number of anilines is 1. The van der Waals surface area contributed by atoms with Crippen molar-refractivity contribution in [2.24, 2.45) is 5.92 Å². The van der Waals surface area contributed by atoms with Crippen LogP contribution in [0.3, 0.4) is 0 Å². The highest BCUT2D eigenvalue weighted by atomic mass is 16.2. The van der Waals surface area contributed by atoms with Gasteiger partial charge in [0.15, 0.2) is 5.78 Å². The number of carbonyl (C=O) groups is 2. The van der Waals surface area contributed by atoms with Crippen molar-refractivity contribution in [1.29, 1.82) is 0 Å². The molecule has 38 heavy (non-hydrogen) atoms. The second-order valence-corrected chi connectivity index (χ2v) is 11.0. The molecule has 2 amide bonds. The molecule has 0 aliphatic heterocycles. The summed E-state index contributed by atoms with van der Waals surface area (Å²) in [5, 5.41) is 6.12. The molecule has 0 heterocycles. The molecular formula is C34H44N2O2. The molecule has 0 bridgehead atoms. The lowest BCUT2D eigenvalue weighted by molar-refractivity contribution is 0.0988. The Morgan fingerprint density at radius 1 is 0.816 bits per heavy atom. The summed E-state index contributed by atoms with van der Waals surface area (Å²) >= 11 is 0. The summed E-state index contributed by atoms with van der Waals surface area (Å²) in [6, 6.07) is 18.4. The van der Waals surface area contributed by atoms with Gasteiger partial charge in [0.05, 0.1) is 0 Å². The lowest BCUT2D eigenvalue weighted by atomic mass is 9.96. The molecule has 3 aromatic rings. The smallest absolute Gasteiger partial charge is 0.319 e. The molecule has 0 aromatic heterocycles. The summed E-state index contributed by atoms with van der Waals surface area (Å²) in [5.74, 6) is 0.890. The van der Waals surface area contributed by atoms with E-state index in [0.29, 0.717) is 13.0 Å². The Bertz CT molecular complexity index is 1260. The van der Waals surface area contributed by atoms with Gasteiger partial charge in [0, 0.05) is 24.2 Å². The first kappa shape index (κ1) is 29.2. The van der Waals surface area contributed by atoms with Crippen LogP contribution in [-0.2, 0) is 19.4 Å². The van der Waals surface area contributed by atoms with Gasteiger partial charge in [-0.05, 0) is 97.0 Å². The van der Waals surface area contributed by atoms with Crippen LogP contribution in [0.15, 0.2) is 54.6 Å². The lowest BCUT2D eigenvalue weighted by Gasteiger charge is -2.15. The van der Waals surface area contributed by atoms with Gasteiger partial charge in [-0.15, -0.1) is 0 Å². The highest BCUT2D eigenvalue weighted by molar-refractivity contribution is 5.96. The monoisotopic (exact) mass is 512 g/mol. The van der Waals surface area contributed by atoms with E-state index in [0.717, 1.165) is 47.6 Å². The summed E-state index contributed by atoms with van der Waals surface area (Å²) in [6.07, 6.45) is 5.82. The second-order valence-electron chi connectivity index (χ2n) is 11.0. The van der Waals surface area contributed by atoms with Gasteiger partial charge in [0.2, 0.25) is 0 Å². The van der Waals surface area contributed by atoms with Crippen molar-refractivity contribution in [3.8, 4) is 0 Å². The van der Waals surface area contributed by atoms with Crippen LogP contribution < -0.4 is 10.6 Å². The Hall–Kier alpha value is -3.40. The van der Waals surface area contributed by atoms with Crippen LogP contribution in [0.2, 0.25) is 0 Å². The van der Waals surface area contributed by atoms with Gasteiger partial charge in [-0.3, -0.25) is 4.79 Å². The molecule has 3 rings (SSSR count). The van der Waals surface area contributed by atoms with Gasteiger partial charge in [-0.1, -0.05) is 76.1 Å². The van der Waals surface area contributed by atoms with Gasteiger partial charge >= 0.3 is 6.03 Å². The third kappa shape index (κ3) is 8.58. The van der Waals surface area contributed by atoms with E-state index in [-0.39, 0.29) is 11.8 Å². The maximum absolute atomic E-state index is 12.8. The fourth-order valence-corrected chi connectivity index (χ4v) is 4.76. The molecule has 4 nitrogen and oxygen atoms in total. The molecule has 0 atom stereocenters. The average Bonchev–Trinajstić information content (AvgIpc) is 2.89. The van der Waals surface area contributed by atoms with E-state index < -0.39 is 0 Å². The highest BCUT2D eigenvalue weighted by Crippen LogP contribution is 2.24. The number of amides is 2. The van der Waals surface area contributed by atoms with Gasteiger partial charge < -0.3 is 10.6 Å². The predicted molar refractivity (Wildman–Crippen MR) is 159 cm³/mol. The van der Waals surface area contributed by atoms with Crippen molar-refractivity contribution in [2.45, 2.75) is 86.6 Å². The number of hydrogen-bond acceptors (Lipinski definition) is 2. The minimum absolute atomic E-state index is 0.169. The first-order valence-electron chi connectivity index (χ1n) is 14.0. The standard InChI is InChI=1S/C34H44N2O2/c1-7-33(37)31-14-10-12-27(21-31)20-29-16-15-28(17-26(29)6)22-35-34(38)36-32-19-25(5)24(4)18-30(32)13-9-8-11-23(2)3/h10,12,14-19,21,23H,7-9,11,13,20,22H2,1-6H3,(H2,35,36,38). The minimum Gasteiger partial charge on any atom is -0.334 e. The van der Waals surface area contributed by atoms with Crippen molar-refractivity contribution >= 4 is 17.5 Å². The number of aryl methyl sites for hydroxylation is 4. The molecule has 0 aliphatic carbocycles. The summed E-state index contributed by atoms with van der Waals surface area (Å²) in [7, 11) is 0. The summed E-state index contributed by atoms with van der Waals surface area (Å²) in [5.41, 5.74) is 9.91. The van der Waals surface area contributed by atoms with Crippen LogP contribution in [-0.4, -0.2) is 11.8 Å². The van der Waals surface area contributed by atoms with Crippen LogP contribution in [0, 0.1) is 26.7 Å². The van der Waals surface area contributed by atoms with Crippen LogP contribution in [0.4, 0.5) is 10.5 Å². The van der Waals surface area contributed by atoms with Crippen LogP contribution in [0.1, 0.15) is 95.8 Å². The van der Waals surface area contributed by atoms with Crippen LogP contribution >= 0.6 is 0 Å². The molecular weight excluding hydrogens is 468 g/mol. The molecule has 4 heteroatoms. The number of Topliss-reactive ketones (excluding diaryl/α,β-unsaturated/α-hetero) is 1. The van der Waals surface area contributed by atoms with E-state index in [4.69, 9.17) is 0 Å². The normalized spacial score (nSPS) is 11.0. The Morgan fingerprint density at radius 3 is 2.29 bits per heavy atom. The number of rotatable bonds is 12. The number of nitrogens with one attached hydrogen (secondary N) is 2. The molecule has 0 radical (unpaired) electrons. The van der Waals surface area contributed by atoms with Gasteiger partial charge in [-0.25, -0.2) is 4.79 Å². The Balaban J connectivity index is 1.59. The Morgan fingerprint density at radius 2 is 1.58 bits per heavy atom. The third-order valence-corrected chi connectivity index (χ3v) is 7.27. The van der Waals surface area contributed by atoms with Gasteiger partial charge in [0.25, 0.3) is 0 Å². The topological polar surface area (TPSA) is 58.2 Å². The number of carbonyl (C=O) groups excluding carboxylic acids is 2. The molecule has 202 valence electrons. The molecule has 0 fully saturated rings. The lowest BCUT2D eigenvalue weighted by Crippen LogP contribution is -2.28. The fourth-order valence-electron chi connectivity index (χ4n) is 4.76. The van der Waals surface area contributed by atoms with Crippen molar-refractivity contribution in [1.82, 2.24) is 5.32 Å². The minimum atomic E-state index is -0.184. The molecule has 0 spiro atoms. The van der Waals surface area contributed by atoms with Crippen LogP contribution in [0.25, 0.3) is 0 Å². The summed E-state index contributed by atoms with van der Waals surface area (Å²) in [6.45, 7) is 13.2. The van der Waals surface area contributed by atoms with Crippen molar-refractivity contribution in [3.63, 3.8) is 0 Å². The number of hydrogen-bond donors (Lipinski definition) is 2. The number of urea groups is 1. The molecule has 3 aromatic carbocycles. The predicted octanol–water partition coefficient (Wildman–Crippen LogP) is 8.49. The quantitative estimate of drug-likeness (QED) is 0.189. The SMILES string of the molecule is CCC(=O)c1cccc(Cc2ccc(CNC(=O)Nc3cc(C)c(C)cc3CCCCC(C)C)cc2C)c1. The van der Waals surface area contributed by atoms with E-state index in [9.17, 15) is 9.59 Å². The summed E-state index contributed by atoms with van der Waals surface area (Å²) in [4.78, 5) is 24.9. The highest BCUT2D eigenvalue weighted by Gasteiger charge is 2.11. The zero-order valence-electron chi connectivity index (χ0n) is 24.0. The van der Waals surface area contributed by atoms with E-state index in [1.54, 1.807) is 0 Å². The third-order valence-electron chi connectivity index (χ3n) is 7.27. The zero-order chi connectivity index (χ0) is 27.7. The van der Waals surface area contributed by atoms with Crippen molar-refractivity contribution < 1.29 is 9.59 Å². The maximum atomic E-state index is 12.8. The van der Waals surface area contributed by atoms with E-state index >= 15 is 0 Å². The second kappa shape index (κ2) is 13.9. The van der Waals surface area contributed by atoms with E-state index in [2.05, 4.69) is 81.7 Å². The van der Waals surface area contributed by atoms with Gasteiger partial charge in [0.1, 0.15) is 0 Å². The molecule has 0 aliphatic rings. The summed E-state index contributed by atoms with van der Waals surface area (Å²) < 4.78 is 0. The van der Waals surface area contributed by atoms with E-state index in [1.165, 1.54) is 40.7 Å². The molecule has 0 saturated heterocycles. The largest absolute Gasteiger partial charge is 0.334 e. The molecule has 0 saturated carbocycles. The Labute approximate surface area is 229 Å². The van der Waals surface area contributed by atoms with Crippen LogP contribution in [0.5, 0.6) is 0 Å². The maximum Gasteiger partial charge on any atom is 0.319 e. The first-order valence-corrected chi connectivity index (χ1v) is 14.0. The van der Waals surface area contributed by atoms with Gasteiger partial charge in [-0.2, -0.15) is 0 Å². The number of ketones is 1. The number of unbranched alkanes of at least 4 members (excludes halogenated alkanes) is 1. The zero-order valence-corrected chi connectivity index (χ0v) is 24.0.